The summed E-state index contributed by atoms with van der Waals surface area (Å²) in [5, 5.41) is 14.0. The smallest absolute Gasteiger partial charge is 0.271 e. The number of amides is 1. The minimum atomic E-state index is -0.382. The Balaban J connectivity index is 1.60. The van der Waals surface area contributed by atoms with Gasteiger partial charge in [-0.15, -0.1) is 11.8 Å². The molecule has 1 unspecified atom stereocenters. The quantitative estimate of drug-likeness (QED) is 0.658. The van der Waals surface area contributed by atoms with Crippen LogP contribution in [0.2, 0.25) is 0 Å². The second-order valence-corrected chi connectivity index (χ2v) is 6.39. The van der Waals surface area contributed by atoms with Crippen LogP contribution in [0.1, 0.15) is 0 Å². The number of hydrogen-bond acceptors (Lipinski definition) is 6. The Morgan fingerprint density at radius 3 is 2.73 bits per heavy atom. The fourth-order valence-corrected chi connectivity index (χ4v) is 3.70. The predicted molar refractivity (Wildman–Crippen MR) is 86.1 cm³/mol. The van der Waals surface area contributed by atoms with Gasteiger partial charge in [0.15, 0.2) is 0 Å². The normalized spacial score (nSPS) is 21.9. The van der Waals surface area contributed by atoms with Gasteiger partial charge in [0.2, 0.25) is 5.91 Å². The molecule has 1 amide bonds. The summed E-state index contributed by atoms with van der Waals surface area (Å²) < 4.78 is 0. The van der Waals surface area contributed by atoms with Gasteiger partial charge in [0.1, 0.15) is 0 Å². The number of nitro groups is 1. The van der Waals surface area contributed by atoms with Crippen molar-refractivity contribution < 1.29 is 9.72 Å². The van der Waals surface area contributed by atoms with Gasteiger partial charge >= 0.3 is 0 Å². The van der Waals surface area contributed by atoms with Crippen LogP contribution in [0.15, 0.2) is 24.3 Å². The standard InChI is InChI=1S/C14H18N4O3S/c19-14(13-9-22-10-15-13)17-6-4-16(5-7-17)11-2-1-3-12(8-11)18(20)21/h1-3,8,13,15H,4-7,9-10H2. The Kier molecular flexibility index (Phi) is 4.49. The highest BCUT2D eigenvalue weighted by Crippen LogP contribution is 2.22. The number of benzene rings is 1. The van der Waals surface area contributed by atoms with E-state index in [1.807, 2.05) is 11.0 Å². The molecule has 1 N–H and O–H groups in total. The van der Waals surface area contributed by atoms with Gasteiger partial charge in [-0.3, -0.25) is 20.2 Å². The molecule has 0 bridgehead atoms. The van der Waals surface area contributed by atoms with E-state index in [9.17, 15) is 14.9 Å². The number of nitrogens with zero attached hydrogens (tertiary/aromatic N) is 3. The maximum atomic E-state index is 12.3. The lowest BCUT2D eigenvalue weighted by Gasteiger charge is -2.37. The third-order valence-corrected chi connectivity index (χ3v) is 4.95. The summed E-state index contributed by atoms with van der Waals surface area (Å²) in [6, 6.07) is 6.60. The average molecular weight is 322 g/mol. The summed E-state index contributed by atoms with van der Waals surface area (Å²) in [6.07, 6.45) is 0. The third kappa shape index (κ3) is 3.17. The first-order chi connectivity index (χ1) is 10.6. The van der Waals surface area contributed by atoms with Gasteiger partial charge in [-0.1, -0.05) is 6.07 Å². The van der Waals surface area contributed by atoms with Crippen molar-refractivity contribution in [3.8, 4) is 0 Å². The molecule has 1 aromatic rings. The van der Waals surface area contributed by atoms with E-state index < -0.39 is 0 Å². The lowest BCUT2D eigenvalue weighted by molar-refractivity contribution is -0.384. The number of nitrogens with one attached hydrogen (secondary N) is 1. The van der Waals surface area contributed by atoms with Gasteiger partial charge in [-0.05, 0) is 6.07 Å². The molecule has 2 aliphatic heterocycles. The molecule has 22 heavy (non-hydrogen) atoms. The number of carbonyl (C=O) groups is 1. The number of hydrogen-bond donors (Lipinski definition) is 1. The molecule has 2 heterocycles. The molecule has 0 saturated carbocycles. The number of thioether (sulfide) groups is 1. The molecule has 0 aliphatic carbocycles. The van der Waals surface area contributed by atoms with E-state index in [4.69, 9.17) is 0 Å². The van der Waals surface area contributed by atoms with Crippen molar-refractivity contribution in [3.63, 3.8) is 0 Å². The minimum absolute atomic E-state index is 0.0608. The van der Waals surface area contributed by atoms with Crippen molar-refractivity contribution in [1.29, 1.82) is 0 Å². The minimum Gasteiger partial charge on any atom is -0.368 e. The van der Waals surface area contributed by atoms with E-state index in [0.29, 0.717) is 26.2 Å². The first kappa shape index (κ1) is 15.1. The highest BCUT2D eigenvalue weighted by atomic mass is 32.2. The van der Waals surface area contributed by atoms with Crippen LogP contribution in [-0.4, -0.2) is 59.6 Å². The van der Waals surface area contributed by atoms with Crippen molar-refractivity contribution in [1.82, 2.24) is 10.2 Å². The van der Waals surface area contributed by atoms with Crippen LogP contribution in [0.5, 0.6) is 0 Å². The third-order valence-electron chi connectivity index (χ3n) is 4.01. The molecule has 7 nitrogen and oxygen atoms in total. The molecule has 8 heteroatoms. The summed E-state index contributed by atoms with van der Waals surface area (Å²) in [7, 11) is 0. The second kappa shape index (κ2) is 6.53. The van der Waals surface area contributed by atoms with E-state index in [0.717, 1.165) is 17.3 Å². The van der Waals surface area contributed by atoms with Gasteiger partial charge in [0.25, 0.3) is 5.69 Å². The first-order valence-corrected chi connectivity index (χ1v) is 8.40. The summed E-state index contributed by atoms with van der Waals surface area (Å²) in [5.74, 6) is 1.84. The SMILES string of the molecule is O=C(C1CSCN1)N1CCN(c2cccc([N+](=O)[O-])c2)CC1. The summed E-state index contributed by atoms with van der Waals surface area (Å²) in [6.45, 7) is 2.72. The zero-order chi connectivity index (χ0) is 15.5. The summed E-state index contributed by atoms with van der Waals surface area (Å²) >= 11 is 1.74. The topological polar surface area (TPSA) is 78.7 Å². The predicted octanol–water partition coefficient (Wildman–Crippen LogP) is 0.906. The maximum Gasteiger partial charge on any atom is 0.271 e. The highest BCUT2D eigenvalue weighted by Gasteiger charge is 2.29. The number of non-ortho nitro benzene ring substituents is 1. The zero-order valence-corrected chi connectivity index (χ0v) is 12.9. The van der Waals surface area contributed by atoms with E-state index >= 15 is 0 Å². The van der Waals surface area contributed by atoms with Crippen LogP contribution in [0, 0.1) is 10.1 Å². The van der Waals surface area contributed by atoms with Crippen LogP contribution in [0.25, 0.3) is 0 Å². The second-order valence-electron chi connectivity index (χ2n) is 5.36. The van der Waals surface area contributed by atoms with E-state index in [-0.39, 0.29) is 22.6 Å². The van der Waals surface area contributed by atoms with Crippen molar-refractivity contribution in [2.75, 3.05) is 42.7 Å². The van der Waals surface area contributed by atoms with Crippen molar-refractivity contribution >= 4 is 29.0 Å². The Labute approximate surface area is 132 Å². The first-order valence-electron chi connectivity index (χ1n) is 7.24. The molecule has 1 atom stereocenters. The number of carbonyl (C=O) groups excluding carboxylic acids is 1. The molecule has 3 rings (SSSR count). The lowest BCUT2D eigenvalue weighted by Crippen LogP contribution is -2.53. The fraction of sp³-hybridized carbons (Fsp3) is 0.500. The molecule has 2 aliphatic rings. The van der Waals surface area contributed by atoms with Gasteiger partial charge in [0, 0.05) is 55.6 Å². The zero-order valence-electron chi connectivity index (χ0n) is 12.1. The molecular formula is C14H18N4O3S. The lowest BCUT2D eigenvalue weighted by atomic mass is 10.2. The van der Waals surface area contributed by atoms with Gasteiger partial charge in [-0.25, -0.2) is 0 Å². The van der Waals surface area contributed by atoms with Gasteiger partial charge < -0.3 is 9.80 Å². The Morgan fingerprint density at radius 1 is 1.32 bits per heavy atom. The van der Waals surface area contributed by atoms with Gasteiger partial charge in [-0.2, -0.15) is 0 Å². The molecule has 0 aromatic heterocycles. The van der Waals surface area contributed by atoms with Crippen LogP contribution in [0.3, 0.4) is 0 Å². The maximum absolute atomic E-state index is 12.3. The molecular weight excluding hydrogens is 304 g/mol. The molecule has 2 saturated heterocycles. The van der Waals surface area contributed by atoms with Crippen molar-refractivity contribution in [3.05, 3.63) is 34.4 Å². The van der Waals surface area contributed by atoms with Crippen molar-refractivity contribution in [2.45, 2.75) is 6.04 Å². The summed E-state index contributed by atoms with van der Waals surface area (Å²) in [4.78, 5) is 26.8. The van der Waals surface area contributed by atoms with Crippen LogP contribution in [0.4, 0.5) is 11.4 Å². The Bertz CT molecular complexity index is 569. The van der Waals surface area contributed by atoms with E-state index in [2.05, 4.69) is 10.2 Å². The van der Waals surface area contributed by atoms with E-state index in [1.165, 1.54) is 6.07 Å². The molecule has 1 aromatic carbocycles. The summed E-state index contributed by atoms with van der Waals surface area (Å²) in [5.41, 5.74) is 0.944. The monoisotopic (exact) mass is 322 g/mol. The van der Waals surface area contributed by atoms with Crippen LogP contribution >= 0.6 is 11.8 Å². The van der Waals surface area contributed by atoms with Crippen LogP contribution < -0.4 is 10.2 Å². The molecule has 118 valence electrons. The number of anilines is 1. The van der Waals surface area contributed by atoms with E-state index in [1.54, 1.807) is 23.9 Å². The molecule has 0 spiro atoms. The number of piperazine rings is 1. The molecule has 2 fully saturated rings. The number of nitro benzene ring substituents is 1. The van der Waals surface area contributed by atoms with Crippen LogP contribution in [-0.2, 0) is 4.79 Å². The van der Waals surface area contributed by atoms with Gasteiger partial charge in [0.05, 0.1) is 11.0 Å². The molecule has 0 radical (unpaired) electrons. The fourth-order valence-electron chi connectivity index (χ4n) is 2.76. The van der Waals surface area contributed by atoms with Crippen molar-refractivity contribution in [2.24, 2.45) is 0 Å². The highest BCUT2D eigenvalue weighted by molar-refractivity contribution is 7.99. The largest absolute Gasteiger partial charge is 0.368 e. The average Bonchev–Trinajstić information content (AvgIpc) is 3.09. The Hall–Kier alpha value is -1.80. The number of rotatable bonds is 3. The Morgan fingerprint density at radius 2 is 2.09 bits per heavy atom.